The minimum Gasteiger partial charge on any atom is -0.329 e. The molecule has 0 aliphatic heterocycles. The highest BCUT2D eigenvalue weighted by Gasteiger charge is 2.38. The zero-order chi connectivity index (χ0) is 11.3. The second-order valence-electron chi connectivity index (χ2n) is 2.93. The van der Waals surface area contributed by atoms with Crippen molar-refractivity contribution in [3.63, 3.8) is 0 Å². The van der Waals surface area contributed by atoms with Crippen LogP contribution in [0.5, 0.6) is 0 Å². The molecule has 15 heavy (non-hydrogen) atoms. The van der Waals surface area contributed by atoms with E-state index < -0.39 is 12.1 Å². The van der Waals surface area contributed by atoms with Crippen LogP contribution in [0.15, 0.2) is 4.52 Å². The summed E-state index contributed by atoms with van der Waals surface area (Å²) in [5.41, 5.74) is 0. The third kappa shape index (κ3) is 3.69. The number of unbranched alkanes of at least 4 members (excludes halogenated alkanes) is 2. The first-order valence-corrected chi connectivity index (χ1v) is 4.37. The maximum Gasteiger partial charge on any atom is 0.471 e. The van der Waals surface area contributed by atoms with Gasteiger partial charge in [-0.2, -0.15) is 18.2 Å². The van der Waals surface area contributed by atoms with Gasteiger partial charge in [0.2, 0.25) is 0 Å². The summed E-state index contributed by atoms with van der Waals surface area (Å²) in [5, 5.41) is 3.19. The van der Waals surface area contributed by atoms with Crippen LogP contribution in [-0.4, -0.2) is 16.4 Å². The van der Waals surface area contributed by atoms with E-state index in [0.29, 0.717) is 19.3 Å². The van der Waals surface area contributed by atoms with Crippen molar-refractivity contribution in [1.29, 1.82) is 0 Å². The molecule has 0 radical (unpaired) electrons. The number of aryl methyl sites for hydroxylation is 1. The summed E-state index contributed by atoms with van der Waals surface area (Å²) < 4.78 is 40.0. The van der Waals surface area contributed by atoms with Crippen LogP contribution in [0.2, 0.25) is 0 Å². The molecule has 0 unspecified atom stereocenters. The van der Waals surface area contributed by atoms with Gasteiger partial charge in [-0.3, -0.25) is 0 Å². The van der Waals surface area contributed by atoms with Crippen molar-refractivity contribution < 1.29 is 22.5 Å². The highest BCUT2D eigenvalue weighted by Crippen LogP contribution is 2.27. The molecule has 4 nitrogen and oxygen atoms in total. The number of hydrogen-bond donors (Lipinski definition) is 0. The van der Waals surface area contributed by atoms with Gasteiger partial charge in [0.15, 0.2) is 5.82 Å². The molecule has 0 aliphatic carbocycles. The van der Waals surface area contributed by atoms with Gasteiger partial charge in [0.05, 0.1) is 0 Å². The minimum absolute atomic E-state index is 0.0215. The van der Waals surface area contributed by atoms with Crippen LogP contribution in [0.25, 0.3) is 0 Å². The van der Waals surface area contributed by atoms with Crippen molar-refractivity contribution in [2.24, 2.45) is 0 Å². The van der Waals surface area contributed by atoms with E-state index in [1.165, 1.54) is 0 Å². The Morgan fingerprint density at radius 1 is 1.33 bits per heavy atom. The zero-order valence-corrected chi connectivity index (χ0v) is 7.75. The standard InChI is InChI=1S/C8H9F3N2O2/c9-8(10,11)7-12-6(13-15-7)4-2-1-3-5-14/h5H,1-4H2. The maximum atomic E-state index is 12.0. The predicted octanol–water partition coefficient (Wildman–Crippen LogP) is 2.00. The second-order valence-corrected chi connectivity index (χ2v) is 2.93. The minimum atomic E-state index is -4.59. The van der Waals surface area contributed by atoms with Gasteiger partial charge in [-0.25, -0.2) is 0 Å². The zero-order valence-electron chi connectivity index (χ0n) is 7.75. The molecule has 0 amide bonds. The highest BCUT2D eigenvalue weighted by atomic mass is 19.4. The Hall–Kier alpha value is -1.40. The van der Waals surface area contributed by atoms with Crippen LogP contribution >= 0.6 is 0 Å². The molecule has 1 aromatic rings. The van der Waals surface area contributed by atoms with E-state index >= 15 is 0 Å². The van der Waals surface area contributed by atoms with Crippen LogP contribution in [0.3, 0.4) is 0 Å². The molecule has 84 valence electrons. The number of hydrogen-bond acceptors (Lipinski definition) is 4. The largest absolute Gasteiger partial charge is 0.471 e. The molecule has 1 aromatic heterocycles. The van der Waals surface area contributed by atoms with Gasteiger partial charge in [0, 0.05) is 12.8 Å². The average Bonchev–Trinajstić information content (AvgIpc) is 2.60. The van der Waals surface area contributed by atoms with Gasteiger partial charge in [0.25, 0.3) is 0 Å². The summed E-state index contributed by atoms with van der Waals surface area (Å²) in [5.74, 6) is -1.30. The van der Waals surface area contributed by atoms with Crippen molar-refractivity contribution in [2.45, 2.75) is 31.9 Å². The van der Waals surface area contributed by atoms with Crippen LogP contribution in [0.4, 0.5) is 13.2 Å². The summed E-state index contributed by atoms with van der Waals surface area (Å²) in [6.07, 6.45) is -1.97. The molecule has 0 spiro atoms. The van der Waals surface area contributed by atoms with Gasteiger partial charge >= 0.3 is 12.1 Å². The molecular formula is C8H9F3N2O2. The van der Waals surface area contributed by atoms with E-state index in [0.717, 1.165) is 6.29 Å². The molecule has 0 saturated carbocycles. The monoisotopic (exact) mass is 222 g/mol. The molecule has 0 saturated heterocycles. The number of carbonyl (C=O) groups is 1. The molecule has 0 atom stereocenters. The molecular weight excluding hydrogens is 213 g/mol. The molecule has 1 heterocycles. The quantitative estimate of drug-likeness (QED) is 0.564. The normalized spacial score (nSPS) is 11.7. The van der Waals surface area contributed by atoms with Crippen molar-refractivity contribution in [2.75, 3.05) is 0 Å². The summed E-state index contributed by atoms with van der Waals surface area (Å²) in [6, 6.07) is 0. The van der Waals surface area contributed by atoms with E-state index in [2.05, 4.69) is 14.7 Å². The fourth-order valence-electron chi connectivity index (χ4n) is 0.981. The smallest absolute Gasteiger partial charge is 0.329 e. The van der Waals surface area contributed by atoms with E-state index in [-0.39, 0.29) is 12.2 Å². The van der Waals surface area contributed by atoms with E-state index in [1.54, 1.807) is 0 Å². The molecule has 0 bridgehead atoms. The third-order valence-electron chi connectivity index (χ3n) is 1.68. The van der Waals surface area contributed by atoms with E-state index in [1.807, 2.05) is 0 Å². The third-order valence-corrected chi connectivity index (χ3v) is 1.68. The van der Waals surface area contributed by atoms with Crippen LogP contribution < -0.4 is 0 Å². The van der Waals surface area contributed by atoms with Crippen molar-refractivity contribution >= 4 is 6.29 Å². The number of halogens is 3. The second kappa shape index (κ2) is 4.90. The first kappa shape index (κ1) is 11.7. The van der Waals surface area contributed by atoms with E-state index in [9.17, 15) is 18.0 Å². The van der Waals surface area contributed by atoms with Crippen molar-refractivity contribution in [3.05, 3.63) is 11.7 Å². The first-order valence-electron chi connectivity index (χ1n) is 4.37. The lowest BCUT2D eigenvalue weighted by molar-refractivity contribution is -0.159. The molecule has 0 fully saturated rings. The van der Waals surface area contributed by atoms with E-state index in [4.69, 9.17) is 0 Å². The van der Waals surface area contributed by atoms with Crippen LogP contribution in [0.1, 0.15) is 31.0 Å². The summed E-state index contributed by atoms with van der Waals surface area (Å²) in [6.45, 7) is 0. The number of aromatic nitrogens is 2. The lowest BCUT2D eigenvalue weighted by atomic mass is 10.2. The first-order chi connectivity index (χ1) is 7.04. The van der Waals surface area contributed by atoms with Gasteiger partial charge in [-0.1, -0.05) is 5.16 Å². The fraction of sp³-hybridized carbons (Fsp3) is 0.625. The van der Waals surface area contributed by atoms with Crippen LogP contribution in [-0.2, 0) is 17.4 Å². The molecule has 0 N–H and O–H groups in total. The molecule has 7 heteroatoms. The topological polar surface area (TPSA) is 56.0 Å². The Morgan fingerprint density at radius 3 is 2.60 bits per heavy atom. The number of rotatable bonds is 5. The number of carbonyl (C=O) groups excluding carboxylic acids is 1. The fourth-order valence-corrected chi connectivity index (χ4v) is 0.981. The predicted molar refractivity (Wildman–Crippen MR) is 42.9 cm³/mol. The van der Waals surface area contributed by atoms with Gasteiger partial charge < -0.3 is 9.32 Å². The van der Waals surface area contributed by atoms with Crippen LogP contribution in [0, 0.1) is 0 Å². The number of aldehydes is 1. The Balaban J connectivity index is 2.43. The number of alkyl halides is 3. The Kier molecular flexibility index (Phi) is 3.81. The Bertz CT molecular complexity index is 322. The summed E-state index contributed by atoms with van der Waals surface area (Å²) in [7, 11) is 0. The number of nitrogens with zero attached hydrogens (tertiary/aromatic N) is 2. The maximum absolute atomic E-state index is 12.0. The lowest BCUT2D eigenvalue weighted by Gasteiger charge is -1.96. The van der Waals surface area contributed by atoms with Gasteiger partial charge in [-0.05, 0) is 12.8 Å². The molecule has 1 rings (SSSR count). The SMILES string of the molecule is O=CCCCCc1noc(C(F)(F)F)n1. The lowest BCUT2D eigenvalue weighted by Crippen LogP contribution is -2.05. The summed E-state index contributed by atoms with van der Waals surface area (Å²) in [4.78, 5) is 13.1. The Labute approximate surface area is 83.5 Å². The van der Waals surface area contributed by atoms with Crippen molar-refractivity contribution in [3.8, 4) is 0 Å². The van der Waals surface area contributed by atoms with Gasteiger partial charge in [0.1, 0.15) is 6.29 Å². The summed E-state index contributed by atoms with van der Waals surface area (Å²) >= 11 is 0. The molecule has 0 aromatic carbocycles. The highest BCUT2D eigenvalue weighted by molar-refractivity contribution is 5.48. The molecule has 0 aliphatic rings. The average molecular weight is 222 g/mol. The Morgan fingerprint density at radius 2 is 2.07 bits per heavy atom. The van der Waals surface area contributed by atoms with Crippen molar-refractivity contribution in [1.82, 2.24) is 10.1 Å². The van der Waals surface area contributed by atoms with Gasteiger partial charge in [-0.15, -0.1) is 0 Å².